The third kappa shape index (κ3) is 12.7. The standard InChI is InChI=1S/C31H26.C19H20.C16H24S.C7H8.C2H6/c1-5-25-22(4)20-29-30(26(25)6-2)27-18-17-21(3)19-28(27)31(29,23-13-9-7-10-14-23)24-15-11-8-12-16-24;1-5-15(6-2)17(7-3)19-14(4)12-13-16-10-8-9-11-18(16)19;1-7-10-14-12(6)17-15(9-3)16(14)13(8-2)11(4)5;1-7-5-3-2-4-6-7;1-2/h5-20H,1-2H2,3-4H3;5,7-13H,1,3,6H2,2,4H3;7-8,10-11H,9H2,1-6H3;2-6H,1H3;1-2H3/b;17-15-;10-7-,13-8-;;. The highest BCUT2D eigenvalue weighted by atomic mass is 32.1. The molecule has 0 bridgehead atoms. The van der Waals surface area contributed by atoms with E-state index in [1.807, 2.05) is 67.7 Å². The number of fused-ring (bicyclic) bond motifs is 4. The van der Waals surface area contributed by atoms with Crippen molar-refractivity contribution >= 4 is 51.5 Å². The van der Waals surface area contributed by atoms with Gasteiger partial charge in [0.15, 0.2) is 0 Å². The molecule has 0 amide bonds. The van der Waals surface area contributed by atoms with Crippen LogP contribution < -0.4 is 0 Å². The topological polar surface area (TPSA) is 0 Å². The van der Waals surface area contributed by atoms with Crippen LogP contribution in [0.1, 0.15) is 144 Å². The third-order valence-electron chi connectivity index (χ3n) is 14.3. The Labute approximate surface area is 464 Å². The zero-order valence-electron chi connectivity index (χ0n) is 48.2. The molecule has 1 aromatic heterocycles. The van der Waals surface area contributed by atoms with E-state index < -0.39 is 0 Å². The Morgan fingerprint density at radius 1 is 0.579 bits per heavy atom. The molecule has 0 atom stereocenters. The first kappa shape index (κ1) is 59.6. The Morgan fingerprint density at radius 3 is 1.64 bits per heavy atom. The SMILES string of the molecule is C/C=C\c1c(C)sc(CC)c1/C(=C\C)C(C)C.C=C/C(CC)=C(\C=C)c1c(C)ccc2ccccc12.C=Cc1c(C)cc2c(c1C=C)-c1ccc(C)cc1C2(c1ccccc1)c1ccccc1.CC.Cc1ccccc1. The summed E-state index contributed by atoms with van der Waals surface area (Å²) in [6.07, 6.45) is 16.6. The quantitative estimate of drug-likeness (QED) is 0.107. The van der Waals surface area contributed by atoms with E-state index in [4.69, 9.17) is 0 Å². The van der Waals surface area contributed by atoms with Gasteiger partial charge in [0.1, 0.15) is 0 Å². The van der Waals surface area contributed by atoms with Crippen LogP contribution in [0.15, 0.2) is 208 Å². The lowest BCUT2D eigenvalue weighted by Gasteiger charge is -2.34. The van der Waals surface area contributed by atoms with Gasteiger partial charge in [-0.15, -0.1) is 11.3 Å². The van der Waals surface area contributed by atoms with Crippen LogP contribution in [0.4, 0.5) is 0 Å². The lowest BCUT2D eigenvalue weighted by atomic mass is 9.67. The van der Waals surface area contributed by atoms with Crippen LogP contribution in [0.3, 0.4) is 0 Å². The maximum absolute atomic E-state index is 4.19. The Bertz CT molecular complexity index is 3290. The summed E-state index contributed by atoms with van der Waals surface area (Å²) in [6, 6.07) is 54.2. The normalized spacial score (nSPS) is 12.3. The Morgan fingerprint density at radius 2 is 1.16 bits per heavy atom. The average Bonchev–Trinajstić information content (AvgIpc) is 3.96. The zero-order valence-corrected chi connectivity index (χ0v) is 49.0. The molecule has 9 rings (SSSR count). The summed E-state index contributed by atoms with van der Waals surface area (Å²) in [4.78, 5) is 2.97. The van der Waals surface area contributed by atoms with E-state index >= 15 is 0 Å². The van der Waals surface area contributed by atoms with Crippen molar-refractivity contribution in [3.8, 4) is 11.1 Å². The molecule has 8 aromatic rings. The van der Waals surface area contributed by atoms with Crippen LogP contribution in [0, 0.1) is 40.5 Å². The molecule has 390 valence electrons. The van der Waals surface area contributed by atoms with Gasteiger partial charge in [-0.2, -0.15) is 0 Å². The molecule has 1 aliphatic rings. The van der Waals surface area contributed by atoms with Gasteiger partial charge < -0.3 is 0 Å². The first-order valence-electron chi connectivity index (χ1n) is 27.4. The minimum Gasteiger partial charge on any atom is -0.144 e. The van der Waals surface area contributed by atoms with Gasteiger partial charge in [0.2, 0.25) is 0 Å². The molecule has 7 aromatic carbocycles. The highest BCUT2D eigenvalue weighted by Gasteiger charge is 2.47. The second-order valence-corrected chi connectivity index (χ2v) is 20.6. The summed E-state index contributed by atoms with van der Waals surface area (Å²) >= 11 is 1.95. The minimum absolute atomic E-state index is 0.374. The summed E-state index contributed by atoms with van der Waals surface area (Å²) in [5, 5.41) is 2.55. The van der Waals surface area contributed by atoms with Crippen molar-refractivity contribution < 1.29 is 0 Å². The van der Waals surface area contributed by atoms with Crippen LogP contribution in [-0.4, -0.2) is 0 Å². The van der Waals surface area contributed by atoms with Crippen LogP contribution in [-0.2, 0) is 11.8 Å². The predicted octanol–water partition coefficient (Wildman–Crippen LogP) is 22.4. The maximum Gasteiger partial charge on any atom is 0.0713 e. The molecule has 0 aliphatic heterocycles. The summed E-state index contributed by atoms with van der Waals surface area (Å²) in [6.45, 7) is 44.3. The van der Waals surface area contributed by atoms with Gasteiger partial charge in [0, 0.05) is 9.75 Å². The number of hydrogen-bond donors (Lipinski definition) is 0. The van der Waals surface area contributed by atoms with Gasteiger partial charge >= 0.3 is 0 Å². The van der Waals surface area contributed by atoms with Gasteiger partial charge in [-0.05, 0) is 167 Å². The molecule has 0 spiro atoms. The zero-order chi connectivity index (χ0) is 55.5. The Balaban J connectivity index is 0.000000204. The van der Waals surface area contributed by atoms with Crippen molar-refractivity contribution in [1.29, 1.82) is 0 Å². The monoisotopic (exact) mass is 1020 g/mol. The third-order valence-corrected chi connectivity index (χ3v) is 15.6. The first-order valence-corrected chi connectivity index (χ1v) is 28.2. The first-order chi connectivity index (χ1) is 36.8. The van der Waals surface area contributed by atoms with Crippen LogP contribution in [0.2, 0.25) is 0 Å². The fourth-order valence-electron chi connectivity index (χ4n) is 10.9. The number of rotatable bonds is 12. The van der Waals surface area contributed by atoms with Gasteiger partial charge in [-0.1, -0.05) is 273 Å². The highest BCUT2D eigenvalue weighted by molar-refractivity contribution is 7.12. The van der Waals surface area contributed by atoms with E-state index in [2.05, 4.69) is 254 Å². The van der Waals surface area contributed by atoms with Gasteiger partial charge in [0.25, 0.3) is 0 Å². The van der Waals surface area contributed by atoms with Crippen molar-refractivity contribution in [1.82, 2.24) is 0 Å². The van der Waals surface area contributed by atoms with Crippen molar-refractivity contribution in [3.63, 3.8) is 0 Å². The van der Waals surface area contributed by atoms with E-state index in [-0.39, 0.29) is 5.41 Å². The number of aryl methyl sites for hydroxylation is 6. The van der Waals surface area contributed by atoms with Crippen LogP contribution in [0.25, 0.3) is 51.3 Å². The molecule has 1 aliphatic carbocycles. The van der Waals surface area contributed by atoms with Gasteiger partial charge in [0.05, 0.1) is 5.41 Å². The molecular weight excluding hydrogens is 933 g/mol. The van der Waals surface area contributed by atoms with E-state index in [0.717, 1.165) is 18.4 Å². The van der Waals surface area contributed by atoms with Crippen LogP contribution >= 0.6 is 11.3 Å². The molecule has 1 heteroatoms. The molecule has 76 heavy (non-hydrogen) atoms. The fourth-order valence-corrected chi connectivity index (χ4v) is 12.0. The van der Waals surface area contributed by atoms with Gasteiger partial charge in [-0.3, -0.25) is 0 Å². The van der Waals surface area contributed by atoms with E-state index in [0.29, 0.717) is 5.92 Å². The summed E-state index contributed by atoms with van der Waals surface area (Å²) in [7, 11) is 0. The molecule has 0 unspecified atom stereocenters. The molecule has 0 saturated heterocycles. The maximum atomic E-state index is 4.19. The molecule has 1 heterocycles. The summed E-state index contributed by atoms with van der Waals surface area (Å²) in [5.74, 6) is 0.586. The molecule has 0 fully saturated rings. The molecule has 0 saturated carbocycles. The number of allylic oxidation sites excluding steroid dienone is 7. The van der Waals surface area contributed by atoms with Crippen molar-refractivity contribution in [3.05, 3.63) is 290 Å². The molecular formula is C75H84S. The molecule has 0 N–H and O–H groups in total. The number of thiophene rings is 1. The second-order valence-electron chi connectivity index (χ2n) is 19.3. The van der Waals surface area contributed by atoms with Crippen molar-refractivity contribution in [2.24, 2.45) is 5.92 Å². The summed E-state index contributed by atoms with van der Waals surface area (Å²) < 4.78 is 0. The Hall–Kier alpha value is -7.32. The second kappa shape index (κ2) is 28.5. The summed E-state index contributed by atoms with van der Waals surface area (Å²) in [5.41, 5.74) is 23.0. The van der Waals surface area contributed by atoms with Crippen LogP contribution in [0.5, 0.6) is 0 Å². The Kier molecular flexibility index (Phi) is 22.4. The largest absolute Gasteiger partial charge is 0.144 e. The van der Waals surface area contributed by atoms with Gasteiger partial charge in [-0.25, -0.2) is 0 Å². The van der Waals surface area contributed by atoms with E-state index in [9.17, 15) is 0 Å². The average molecular weight is 1020 g/mol. The van der Waals surface area contributed by atoms with Crippen molar-refractivity contribution in [2.45, 2.75) is 108 Å². The highest BCUT2D eigenvalue weighted by Crippen LogP contribution is 2.58. The molecule has 0 radical (unpaired) electrons. The minimum atomic E-state index is -0.374. The lowest BCUT2D eigenvalue weighted by molar-refractivity contribution is 0.766. The van der Waals surface area contributed by atoms with Crippen molar-refractivity contribution in [2.75, 3.05) is 0 Å². The number of hydrogen-bond acceptors (Lipinski definition) is 1. The predicted molar refractivity (Wildman–Crippen MR) is 344 cm³/mol. The number of benzene rings is 7. The molecule has 0 nitrogen and oxygen atoms in total. The lowest BCUT2D eigenvalue weighted by Crippen LogP contribution is -2.28. The fraction of sp³-hybridized carbons (Fsp3) is 0.227. The van der Waals surface area contributed by atoms with E-state index in [1.54, 1.807) is 0 Å². The smallest absolute Gasteiger partial charge is 0.0713 e. The van der Waals surface area contributed by atoms with E-state index in [1.165, 1.54) is 115 Å².